The Balaban J connectivity index is 1.59. The van der Waals surface area contributed by atoms with Crippen molar-refractivity contribution >= 4 is 17.5 Å². The van der Waals surface area contributed by atoms with E-state index < -0.39 is 0 Å². The first-order valence-electron chi connectivity index (χ1n) is 7.86. The molecule has 0 radical (unpaired) electrons. The summed E-state index contributed by atoms with van der Waals surface area (Å²) in [5.74, 6) is 1.55. The fraction of sp³-hybridized carbons (Fsp3) is 0.389. The summed E-state index contributed by atoms with van der Waals surface area (Å²) in [5.41, 5.74) is 1.82. The van der Waals surface area contributed by atoms with Crippen molar-refractivity contribution in [3.63, 3.8) is 0 Å². The van der Waals surface area contributed by atoms with E-state index in [-0.39, 0.29) is 5.91 Å². The minimum absolute atomic E-state index is 0.0664. The predicted molar refractivity (Wildman–Crippen MR) is 90.8 cm³/mol. The van der Waals surface area contributed by atoms with Crippen molar-refractivity contribution in [2.24, 2.45) is 0 Å². The first-order chi connectivity index (χ1) is 11.0. The highest BCUT2D eigenvalue weighted by Crippen LogP contribution is 2.20. The monoisotopic (exact) mass is 332 g/mol. The molecule has 0 unspecified atom stereocenters. The van der Waals surface area contributed by atoms with Crippen LogP contribution in [0.4, 0.5) is 0 Å². The molecule has 4 nitrogen and oxygen atoms in total. The van der Waals surface area contributed by atoms with Crippen LogP contribution in [0, 0.1) is 13.8 Å². The van der Waals surface area contributed by atoms with Crippen molar-refractivity contribution in [3.8, 4) is 0 Å². The summed E-state index contributed by atoms with van der Waals surface area (Å²) in [6.07, 6.45) is 0. The SMILES string of the molecule is Cc1cc(C(=O)N2CCN(Cc3ccccc3Cl)CC2)c(C)o1. The van der Waals surface area contributed by atoms with E-state index in [9.17, 15) is 4.79 Å². The Morgan fingerprint density at radius 1 is 1.17 bits per heavy atom. The van der Waals surface area contributed by atoms with Crippen molar-refractivity contribution in [2.75, 3.05) is 26.2 Å². The van der Waals surface area contributed by atoms with Crippen molar-refractivity contribution in [1.29, 1.82) is 0 Å². The Kier molecular flexibility index (Phi) is 4.74. The molecule has 1 saturated heterocycles. The number of carbonyl (C=O) groups excluding carboxylic acids is 1. The van der Waals surface area contributed by atoms with Crippen LogP contribution in [-0.2, 0) is 6.54 Å². The number of furan rings is 1. The van der Waals surface area contributed by atoms with E-state index in [0.717, 1.165) is 49.1 Å². The van der Waals surface area contributed by atoms with Crippen LogP contribution >= 0.6 is 11.6 Å². The molecule has 0 spiro atoms. The molecule has 1 fully saturated rings. The molecule has 23 heavy (non-hydrogen) atoms. The maximum atomic E-state index is 12.6. The Morgan fingerprint density at radius 2 is 1.87 bits per heavy atom. The van der Waals surface area contributed by atoms with Gasteiger partial charge in [0.1, 0.15) is 11.5 Å². The van der Waals surface area contributed by atoms with Crippen molar-refractivity contribution < 1.29 is 9.21 Å². The Bertz CT molecular complexity index is 703. The zero-order chi connectivity index (χ0) is 16.4. The van der Waals surface area contributed by atoms with Gasteiger partial charge in [0.2, 0.25) is 0 Å². The van der Waals surface area contributed by atoms with Gasteiger partial charge in [0, 0.05) is 37.7 Å². The molecular formula is C18H21ClN2O2. The molecule has 0 saturated carbocycles. The maximum absolute atomic E-state index is 12.6. The molecule has 1 aliphatic rings. The molecule has 2 aromatic rings. The molecule has 2 heterocycles. The van der Waals surface area contributed by atoms with Crippen LogP contribution in [0.15, 0.2) is 34.7 Å². The minimum atomic E-state index is 0.0664. The van der Waals surface area contributed by atoms with E-state index in [0.29, 0.717) is 11.3 Å². The van der Waals surface area contributed by atoms with Crippen LogP contribution in [0.25, 0.3) is 0 Å². The second kappa shape index (κ2) is 6.77. The lowest BCUT2D eigenvalue weighted by Gasteiger charge is -2.34. The first kappa shape index (κ1) is 16.1. The van der Waals surface area contributed by atoms with E-state index >= 15 is 0 Å². The maximum Gasteiger partial charge on any atom is 0.257 e. The number of halogens is 1. The zero-order valence-electron chi connectivity index (χ0n) is 13.5. The van der Waals surface area contributed by atoms with Gasteiger partial charge in [0.05, 0.1) is 5.56 Å². The number of hydrogen-bond donors (Lipinski definition) is 0. The fourth-order valence-electron chi connectivity index (χ4n) is 2.99. The average Bonchev–Trinajstić information content (AvgIpc) is 2.88. The lowest BCUT2D eigenvalue weighted by Crippen LogP contribution is -2.48. The van der Waals surface area contributed by atoms with E-state index in [1.54, 1.807) is 0 Å². The molecule has 3 rings (SSSR count). The number of benzene rings is 1. The molecule has 1 amide bonds. The summed E-state index contributed by atoms with van der Waals surface area (Å²) < 4.78 is 5.47. The largest absolute Gasteiger partial charge is 0.466 e. The molecule has 0 atom stereocenters. The number of piperazine rings is 1. The fourth-order valence-corrected chi connectivity index (χ4v) is 3.19. The smallest absolute Gasteiger partial charge is 0.257 e. The Morgan fingerprint density at radius 3 is 2.48 bits per heavy atom. The number of hydrogen-bond acceptors (Lipinski definition) is 3. The minimum Gasteiger partial charge on any atom is -0.466 e. The first-order valence-corrected chi connectivity index (χ1v) is 8.24. The van der Waals surface area contributed by atoms with Gasteiger partial charge in [-0.2, -0.15) is 0 Å². The molecule has 1 aromatic heterocycles. The van der Waals surface area contributed by atoms with Gasteiger partial charge in [-0.05, 0) is 31.5 Å². The third-order valence-electron chi connectivity index (χ3n) is 4.28. The number of nitrogens with zero attached hydrogens (tertiary/aromatic N) is 2. The topological polar surface area (TPSA) is 36.7 Å². The average molecular weight is 333 g/mol. The highest BCUT2D eigenvalue weighted by Gasteiger charge is 2.24. The van der Waals surface area contributed by atoms with Gasteiger partial charge < -0.3 is 9.32 Å². The van der Waals surface area contributed by atoms with Gasteiger partial charge in [-0.3, -0.25) is 9.69 Å². The molecule has 5 heteroatoms. The number of amides is 1. The van der Waals surface area contributed by atoms with Crippen molar-refractivity contribution in [1.82, 2.24) is 9.80 Å². The highest BCUT2D eigenvalue weighted by molar-refractivity contribution is 6.31. The number of carbonyl (C=O) groups is 1. The van der Waals surface area contributed by atoms with Gasteiger partial charge >= 0.3 is 0 Å². The second-order valence-corrected chi connectivity index (χ2v) is 6.39. The highest BCUT2D eigenvalue weighted by atomic mass is 35.5. The van der Waals surface area contributed by atoms with Gasteiger partial charge in [0.15, 0.2) is 0 Å². The molecule has 1 aliphatic heterocycles. The number of rotatable bonds is 3. The van der Waals surface area contributed by atoms with Crippen LogP contribution in [0.3, 0.4) is 0 Å². The Hall–Kier alpha value is -1.78. The standard InChI is InChI=1S/C18H21ClN2O2/c1-13-11-16(14(2)23-13)18(22)21-9-7-20(8-10-21)12-15-5-3-4-6-17(15)19/h3-6,11H,7-10,12H2,1-2H3. The van der Waals surface area contributed by atoms with Gasteiger partial charge in [-0.15, -0.1) is 0 Å². The summed E-state index contributed by atoms with van der Waals surface area (Å²) in [6, 6.07) is 9.74. The second-order valence-electron chi connectivity index (χ2n) is 5.99. The third-order valence-corrected chi connectivity index (χ3v) is 4.65. The van der Waals surface area contributed by atoms with Crippen molar-refractivity contribution in [2.45, 2.75) is 20.4 Å². The lowest BCUT2D eigenvalue weighted by atomic mass is 10.1. The summed E-state index contributed by atoms with van der Waals surface area (Å²) in [5, 5.41) is 0.801. The van der Waals surface area contributed by atoms with Gasteiger partial charge in [0.25, 0.3) is 5.91 Å². The lowest BCUT2D eigenvalue weighted by molar-refractivity contribution is 0.0627. The third kappa shape index (κ3) is 3.59. The van der Waals surface area contributed by atoms with Gasteiger partial charge in [-0.1, -0.05) is 29.8 Å². The molecule has 122 valence electrons. The number of aryl methyl sites for hydroxylation is 2. The molecule has 0 aliphatic carbocycles. The van der Waals surface area contributed by atoms with Crippen LogP contribution < -0.4 is 0 Å². The van der Waals surface area contributed by atoms with Crippen LogP contribution in [-0.4, -0.2) is 41.9 Å². The molecule has 1 aromatic carbocycles. The predicted octanol–water partition coefficient (Wildman–Crippen LogP) is 3.51. The van der Waals surface area contributed by atoms with Gasteiger partial charge in [-0.25, -0.2) is 0 Å². The summed E-state index contributed by atoms with van der Waals surface area (Å²) in [4.78, 5) is 16.8. The summed E-state index contributed by atoms with van der Waals surface area (Å²) in [6.45, 7) is 7.70. The molecule has 0 N–H and O–H groups in total. The van der Waals surface area contributed by atoms with Crippen molar-refractivity contribution in [3.05, 3.63) is 58.0 Å². The summed E-state index contributed by atoms with van der Waals surface area (Å²) in [7, 11) is 0. The molecular weight excluding hydrogens is 312 g/mol. The zero-order valence-corrected chi connectivity index (χ0v) is 14.3. The van der Waals surface area contributed by atoms with Crippen LogP contribution in [0.5, 0.6) is 0 Å². The van der Waals surface area contributed by atoms with Crippen LogP contribution in [0.1, 0.15) is 27.4 Å². The quantitative estimate of drug-likeness (QED) is 0.863. The van der Waals surface area contributed by atoms with E-state index in [4.69, 9.17) is 16.0 Å². The van der Waals surface area contributed by atoms with E-state index in [1.807, 2.05) is 43.0 Å². The van der Waals surface area contributed by atoms with E-state index in [2.05, 4.69) is 11.0 Å². The summed E-state index contributed by atoms with van der Waals surface area (Å²) >= 11 is 6.22. The normalized spacial score (nSPS) is 15.9. The van der Waals surface area contributed by atoms with E-state index in [1.165, 1.54) is 0 Å². The molecule has 0 bridgehead atoms. The van der Waals surface area contributed by atoms with Crippen LogP contribution in [0.2, 0.25) is 5.02 Å². The Labute approximate surface area is 141 Å².